The fraction of sp³-hybridized carbons (Fsp3) is 0.333. The average molecular weight is 334 g/mol. The number of pyridine rings is 2. The first kappa shape index (κ1) is 15.4. The summed E-state index contributed by atoms with van der Waals surface area (Å²) in [6.45, 7) is 1.61. The molecule has 1 fully saturated rings. The first-order valence-electron chi connectivity index (χ1n) is 8.38. The Hall–Kier alpha value is -3.14. The van der Waals surface area contributed by atoms with Crippen molar-refractivity contribution in [1.29, 1.82) is 5.26 Å². The van der Waals surface area contributed by atoms with E-state index >= 15 is 0 Å². The van der Waals surface area contributed by atoms with E-state index in [1.165, 1.54) is 0 Å². The Bertz CT molecular complexity index is 965. The minimum absolute atomic E-state index is 0.0238. The molecule has 25 heavy (non-hydrogen) atoms. The normalized spacial score (nSPS) is 15.4. The molecule has 1 aliphatic rings. The van der Waals surface area contributed by atoms with Crippen molar-refractivity contribution >= 4 is 33.5 Å². The van der Waals surface area contributed by atoms with Gasteiger partial charge in [-0.1, -0.05) is 0 Å². The molecule has 7 nitrogen and oxygen atoms in total. The molecule has 1 amide bonds. The molecule has 0 bridgehead atoms. The molecule has 2 N–H and O–H groups in total. The zero-order chi connectivity index (χ0) is 17.2. The molecule has 0 unspecified atom stereocenters. The number of anilines is 1. The zero-order valence-electron chi connectivity index (χ0n) is 13.7. The monoisotopic (exact) mass is 334 g/mol. The van der Waals surface area contributed by atoms with Gasteiger partial charge in [0, 0.05) is 53.8 Å². The van der Waals surface area contributed by atoms with E-state index in [-0.39, 0.29) is 18.4 Å². The van der Waals surface area contributed by atoms with Gasteiger partial charge in [0.1, 0.15) is 18.0 Å². The number of aromatic amines is 1. The second-order valence-corrected chi connectivity index (χ2v) is 6.23. The molecule has 0 spiro atoms. The highest BCUT2D eigenvalue weighted by Gasteiger charge is 2.26. The van der Waals surface area contributed by atoms with Crippen molar-refractivity contribution in [2.75, 3.05) is 24.5 Å². The van der Waals surface area contributed by atoms with Crippen molar-refractivity contribution in [2.45, 2.75) is 12.8 Å². The standard InChI is InChI=1S/C18H18N6O/c19-5-8-22-18(25)12-3-9-24(10-4-12)17-15-13(1-6-21-17)11-23-16-14(15)2-7-20-16/h1-2,6-7,11-12H,3-4,8-10H2,(H,20,23)(H,22,25). The molecule has 4 heterocycles. The van der Waals surface area contributed by atoms with Gasteiger partial charge in [-0.15, -0.1) is 0 Å². The van der Waals surface area contributed by atoms with Crippen molar-refractivity contribution < 1.29 is 4.79 Å². The number of hydrogen-bond acceptors (Lipinski definition) is 5. The van der Waals surface area contributed by atoms with Crippen LogP contribution in [0.15, 0.2) is 30.7 Å². The van der Waals surface area contributed by atoms with Crippen molar-refractivity contribution in [2.24, 2.45) is 5.92 Å². The lowest BCUT2D eigenvalue weighted by Crippen LogP contribution is -2.41. The molecule has 0 saturated carbocycles. The number of carbonyl (C=O) groups is 1. The Morgan fingerprint density at radius 3 is 3.00 bits per heavy atom. The van der Waals surface area contributed by atoms with Crippen LogP contribution in [0.2, 0.25) is 0 Å². The average Bonchev–Trinajstić information content (AvgIpc) is 3.15. The van der Waals surface area contributed by atoms with E-state index in [9.17, 15) is 4.79 Å². The Balaban J connectivity index is 1.60. The van der Waals surface area contributed by atoms with Crippen LogP contribution in [0.1, 0.15) is 12.8 Å². The number of nitrogens with zero attached hydrogens (tertiary/aromatic N) is 4. The lowest BCUT2D eigenvalue weighted by Gasteiger charge is -2.32. The van der Waals surface area contributed by atoms with Gasteiger partial charge in [0.25, 0.3) is 0 Å². The van der Waals surface area contributed by atoms with Crippen LogP contribution in [-0.4, -0.2) is 40.5 Å². The van der Waals surface area contributed by atoms with Gasteiger partial charge in [0.15, 0.2) is 0 Å². The molecule has 126 valence electrons. The van der Waals surface area contributed by atoms with Crippen LogP contribution in [-0.2, 0) is 4.79 Å². The summed E-state index contributed by atoms with van der Waals surface area (Å²) < 4.78 is 0. The first-order chi connectivity index (χ1) is 12.3. The number of nitriles is 1. The highest BCUT2D eigenvalue weighted by molar-refractivity contribution is 6.10. The molecule has 0 aromatic carbocycles. The number of hydrogen-bond donors (Lipinski definition) is 2. The molecule has 4 rings (SSSR count). The third-order valence-electron chi connectivity index (χ3n) is 4.80. The van der Waals surface area contributed by atoms with Crippen molar-refractivity contribution in [3.8, 4) is 6.07 Å². The molecule has 0 atom stereocenters. The number of amides is 1. The predicted molar refractivity (Wildman–Crippen MR) is 95.0 cm³/mol. The Morgan fingerprint density at radius 2 is 2.20 bits per heavy atom. The molecule has 3 aromatic heterocycles. The van der Waals surface area contributed by atoms with Crippen LogP contribution in [0.5, 0.6) is 0 Å². The quantitative estimate of drug-likeness (QED) is 0.714. The van der Waals surface area contributed by atoms with Gasteiger partial charge in [0.2, 0.25) is 5.91 Å². The van der Waals surface area contributed by atoms with Gasteiger partial charge in [0.05, 0.1) is 6.07 Å². The van der Waals surface area contributed by atoms with Crippen LogP contribution < -0.4 is 10.2 Å². The number of fused-ring (bicyclic) bond motifs is 3. The summed E-state index contributed by atoms with van der Waals surface area (Å²) in [5.41, 5.74) is 0.854. The van der Waals surface area contributed by atoms with Gasteiger partial charge in [-0.2, -0.15) is 5.26 Å². The van der Waals surface area contributed by atoms with E-state index in [1.54, 1.807) is 0 Å². The maximum Gasteiger partial charge on any atom is 0.224 e. The van der Waals surface area contributed by atoms with Gasteiger partial charge < -0.3 is 15.2 Å². The summed E-state index contributed by atoms with van der Waals surface area (Å²) in [6.07, 6.45) is 7.08. The van der Waals surface area contributed by atoms with Gasteiger partial charge in [-0.3, -0.25) is 4.79 Å². The molecular weight excluding hydrogens is 316 g/mol. The summed E-state index contributed by atoms with van der Waals surface area (Å²) in [5.74, 6) is 0.887. The SMILES string of the molecule is N#CCNC(=O)C1CCN(c2nccc3cnc4[nH]ccc4c23)CC1. The van der Waals surface area contributed by atoms with Gasteiger partial charge in [-0.25, -0.2) is 9.97 Å². The number of rotatable bonds is 3. The fourth-order valence-electron chi connectivity index (χ4n) is 3.52. The minimum atomic E-state index is -0.0338. The lowest BCUT2D eigenvalue weighted by atomic mass is 9.95. The molecule has 1 saturated heterocycles. The fourth-order valence-corrected chi connectivity index (χ4v) is 3.52. The van der Waals surface area contributed by atoms with E-state index < -0.39 is 0 Å². The largest absolute Gasteiger partial charge is 0.356 e. The van der Waals surface area contributed by atoms with Gasteiger partial charge in [-0.05, 0) is 25.0 Å². The van der Waals surface area contributed by atoms with Crippen molar-refractivity contribution in [3.63, 3.8) is 0 Å². The first-order valence-corrected chi connectivity index (χ1v) is 8.38. The third-order valence-corrected chi connectivity index (χ3v) is 4.80. The smallest absolute Gasteiger partial charge is 0.224 e. The highest BCUT2D eigenvalue weighted by atomic mass is 16.1. The summed E-state index contributed by atoms with van der Waals surface area (Å²) in [5, 5.41) is 14.5. The zero-order valence-corrected chi connectivity index (χ0v) is 13.7. The summed E-state index contributed by atoms with van der Waals surface area (Å²) in [7, 11) is 0. The second kappa shape index (κ2) is 6.40. The third kappa shape index (κ3) is 2.76. The van der Waals surface area contributed by atoms with Crippen LogP contribution in [0.3, 0.4) is 0 Å². The maximum absolute atomic E-state index is 12.0. The van der Waals surface area contributed by atoms with Crippen LogP contribution in [0.25, 0.3) is 21.8 Å². The minimum Gasteiger partial charge on any atom is -0.356 e. The van der Waals surface area contributed by atoms with E-state index in [1.807, 2.05) is 36.8 Å². The van der Waals surface area contributed by atoms with Crippen LogP contribution >= 0.6 is 0 Å². The molecule has 1 aliphatic heterocycles. The summed E-state index contributed by atoms with van der Waals surface area (Å²) in [4.78, 5) is 26.5. The lowest BCUT2D eigenvalue weighted by molar-refractivity contribution is -0.125. The Labute approximate surface area is 144 Å². The molecule has 0 radical (unpaired) electrons. The van der Waals surface area contributed by atoms with E-state index in [0.717, 1.165) is 53.6 Å². The Morgan fingerprint density at radius 1 is 1.36 bits per heavy atom. The molecular formula is C18H18N6O. The number of nitrogens with one attached hydrogen (secondary N) is 2. The van der Waals surface area contributed by atoms with Crippen LogP contribution in [0, 0.1) is 17.2 Å². The summed E-state index contributed by atoms with van der Waals surface area (Å²) in [6, 6.07) is 5.94. The number of piperidine rings is 1. The molecule has 3 aromatic rings. The van der Waals surface area contributed by atoms with E-state index in [4.69, 9.17) is 5.26 Å². The van der Waals surface area contributed by atoms with Crippen LogP contribution in [0.4, 0.5) is 5.82 Å². The second-order valence-electron chi connectivity index (χ2n) is 6.23. The number of aromatic nitrogens is 3. The predicted octanol–water partition coefficient (Wildman–Crippen LogP) is 1.97. The van der Waals surface area contributed by atoms with Gasteiger partial charge >= 0.3 is 0 Å². The molecule has 7 heteroatoms. The van der Waals surface area contributed by atoms with Crippen molar-refractivity contribution in [3.05, 3.63) is 30.7 Å². The topological polar surface area (TPSA) is 97.7 Å². The van der Waals surface area contributed by atoms with Crippen molar-refractivity contribution in [1.82, 2.24) is 20.3 Å². The van der Waals surface area contributed by atoms with E-state index in [0.29, 0.717) is 0 Å². The van der Waals surface area contributed by atoms with E-state index in [2.05, 4.69) is 25.2 Å². The number of carbonyl (C=O) groups excluding carboxylic acids is 1. The molecule has 0 aliphatic carbocycles. The maximum atomic E-state index is 12.0. The highest BCUT2D eigenvalue weighted by Crippen LogP contribution is 2.32. The number of H-pyrrole nitrogens is 1. The Kier molecular flexibility index (Phi) is 3.94. The summed E-state index contributed by atoms with van der Waals surface area (Å²) >= 11 is 0.